The SMILES string of the molecule is Cc1ccc(S(=O)(=O)O)cc1.Nc1cc(CCCCC(=O)OCc2ccccc2)ccc1-c1ccccc1. The highest BCUT2D eigenvalue weighted by Gasteiger charge is 2.07. The third-order valence-electron chi connectivity index (χ3n) is 5.86. The molecule has 0 spiro atoms. The monoisotopic (exact) mass is 531 g/mol. The van der Waals surface area contributed by atoms with Crippen molar-refractivity contribution in [3.8, 4) is 11.1 Å². The number of carbonyl (C=O) groups is 1. The number of hydrogen-bond acceptors (Lipinski definition) is 5. The minimum Gasteiger partial charge on any atom is -0.461 e. The maximum Gasteiger partial charge on any atom is 0.306 e. The average Bonchev–Trinajstić information content (AvgIpc) is 2.91. The third-order valence-corrected chi connectivity index (χ3v) is 6.73. The van der Waals surface area contributed by atoms with Gasteiger partial charge >= 0.3 is 5.97 Å². The van der Waals surface area contributed by atoms with Gasteiger partial charge in [-0.3, -0.25) is 9.35 Å². The summed E-state index contributed by atoms with van der Waals surface area (Å²) in [4.78, 5) is 11.8. The summed E-state index contributed by atoms with van der Waals surface area (Å²) in [6.45, 7) is 2.19. The number of hydrogen-bond donors (Lipinski definition) is 2. The second-order valence-electron chi connectivity index (χ2n) is 8.93. The Morgan fingerprint density at radius 3 is 2.05 bits per heavy atom. The molecule has 4 aromatic carbocycles. The van der Waals surface area contributed by atoms with E-state index in [1.165, 1.54) is 17.7 Å². The average molecular weight is 532 g/mol. The third kappa shape index (κ3) is 9.50. The summed E-state index contributed by atoms with van der Waals surface area (Å²) in [6, 6.07) is 32.1. The Bertz CT molecular complexity index is 1400. The number of ether oxygens (including phenoxy) is 1. The van der Waals surface area contributed by atoms with E-state index in [9.17, 15) is 13.2 Å². The molecule has 198 valence electrons. The Labute approximate surface area is 224 Å². The van der Waals surface area contributed by atoms with E-state index in [-0.39, 0.29) is 10.9 Å². The predicted octanol–water partition coefficient (Wildman–Crippen LogP) is 6.63. The summed E-state index contributed by atoms with van der Waals surface area (Å²) < 4.78 is 34.9. The number of rotatable bonds is 9. The van der Waals surface area contributed by atoms with Gasteiger partial charge in [-0.15, -0.1) is 0 Å². The van der Waals surface area contributed by atoms with Crippen LogP contribution in [0.3, 0.4) is 0 Å². The van der Waals surface area contributed by atoms with E-state index >= 15 is 0 Å². The van der Waals surface area contributed by atoms with Crippen LogP contribution in [0.25, 0.3) is 11.1 Å². The van der Waals surface area contributed by atoms with Gasteiger partial charge in [0.05, 0.1) is 4.90 Å². The van der Waals surface area contributed by atoms with Crippen LogP contribution in [0.2, 0.25) is 0 Å². The van der Waals surface area contributed by atoms with E-state index < -0.39 is 10.1 Å². The van der Waals surface area contributed by atoms with Crippen LogP contribution in [-0.4, -0.2) is 18.9 Å². The minimum absolute atomic E-state index is 0.0666. The molecule has 7 heteroatoms. The van der Waals surface area contributed by atoms with Crippen LogP contribution in [0.15, 0.2) is 108 Å². The lowest BCUT2D eigenvalue weighted by molar-refractivity contribution is -0.145. The summed E-state index contributed by atoms with van der Waals surface area (Å²) in [5.41, 5.74) is 12.4. The van der Waals surface area contributed by atoms with Gasteiger partial charge < -0.3 is 10.5 Å². The van der Waals surface area contributed by atoms with Gasteiger partial charge in [0, 0.05) is 17.7 Å². The molecule has 0 aliphatic heterocycles. The highest BCUT2D eigenvalue weighted by Crippen LogP contribution is 2.27. The molecule has 0 radical (unpaired) electrons. The molecule has 0 aromatic heterocycles. The molecule has 0 atom stereocenters. The van der Waals surface area contributed by atoms with Crippen LogP contribution >= 0.6 is 0 Å². The van der Waals surface area contributed by atoms with Gasteiger partial charge in [0.15, 0.2) is 0 Å². The first kappa shape index (κ1) is 28.6. The van der Waals surface area contributed by atoms with Crippen LogP contribution in [0.5, 0.6) is 0 Å². The molecular formula is C31H33NO5S. The predicted molar refractivity (Wildman–Crippen MR) is 151 cm³/mol. The lowest BCUT2D eigenvalue weighted by Crippen LogP contribution is -2.04. The van der Waals surface area contributed by atoms with Crippen molar-refractivity contribution in [1.82, 2.24) is 0 Å². The van der Waals surface area contributed by atoms with Crippen molar-refractivity contribution < 1.29 is 22.5 Å². The van der Waals surface area contributed by atoms with Gasteiger partial charge in [-0.25, -0.2) is 0 Å². The van der Waals surface area contributed by atoms with Crippen molar-refractivity contribution >= 4 is 21.8 Å². The molecule has 0 aliphatic carbocycles. The zero-order chi connectivity index (χ0) is 27.4. The van der Waals surface area contributed by atoms with Gasteiger partial charge in [-0.05, 0) is 61.1 Å². The normalized spacial score (nSPS) is 10.8. The van der Waals surface area contributed by atoms with Gasteiger partial charge in [0.1, 0.15) is 6.61 Å². The van der Waals surface area contributed by atoms with Crippen LogP contribution in [0, 0.1) is 6.92 Å². The standard InChI is InChI=1S/C24H25NO2.C7H8O3S/c25-23-17-19(15-16-22(23)21-12-5-2-6-13-21)9-7-8-14-24(26)27-18-20-10-3-1-4-11-20;1-6-2-4-7(5-3-6)11(8,9)10/h1-6,10-13,15-17H,7-9,14,18,25H2;2-5H,1H3,(H,8,9,10). The van der Waals surface area contributed by atoms with Crippen LogP contribution in [-0.2, 0) is 32.7 Å². The maximum atomic E-state index is 11.8. The summed E-state index contributed by atoms with van der Waals surface area (Å²) >= 11 is 0. The minimum atomic E-state index is -4.02. The summed E-state index contributed by atoms with van der Waals surface area (Å²) in [6.07, 6.45) is 3.11. The van der Waals surface area contributed by atoms with Crippen LogP contribution in [0.1, 0.15) is 36.0 Å². The smallest absolute Gasteiger partial charge is 0.306 e. The largest absolute Gasteiger partial charge is 0.461 e. The zero-order valence-electron chi connectivity index (χ0n) is 21.4. The Kier molecular flexibility index (Phi) is 10.6. The molecule has 38 heavy (non-hydrogen) atoms. The number of unbranched alkanes of at least 4 members (excludes halogenated alkanes) is 1. The molecule has 0 saturated carbocycles. The fourth-order valence-electron chi connectivity index (χ4n) is 3.77. The van der Waals surface area contributed by atoms with Gasteiger partial charge in [-0.2, -0.15) is 8.42 Å². The highest BCUT2D eigenvalue weighted by atomic mass is 32.2. The number of carbonyl (C=O) groups excluding carboxylic acids is 1. The highest BCUT2D eigenvalue weighted by molar-refractivity contribution is 7.85. The van der Waals surface area contributed by atoms with Crippen LogP contribution in [0.4, 0.5) is 5.69 Å². The first-order chi connectivity index (χ1) is 18.2. The molecule has 3 N–H and O–H groups in total. The molecular weight excluding hydrogens is 498 g/mol. The lowest BCUT2D eigenvalue weighted by atomic mass is 9.99. The molecule has 0 fully saturated rings. The van der Waals surface area contributed by atoms with E-state index in [1.807, 2.05) is 61.5 Å². The number of esters is 1. The van der Waals surface area contributed by atoms with E-state index in [1.54, 1.807) is 12.1 Å². The Balaban J connectivity index is 0.000000304. The Morgan fingerprint density at radius 1 is 0.816 bits per heavy atom. The number of nitrogens with two attached hydrogens (primary N) is 1. The van der Waals surface area contributed by atoms with Gasteiger partial charge in [0.2, 0.25) is 0 Å². The second-order valence-corrected chi connectivity index (χ2v) is 10.4. The van der Waals surface area contributed by atoms with Crippen molar-refractivity contribution in [2.75, 3.05) is 5.73 Å². The molecule has 0 unspecified atom stereocenters. The van der Waals surface area contributed by atoms with Gasteiger partial charge in [0.25, 0.3) is 10.1 Å². The first-order valence-electron chi connectivity index (χ1n) is 12.4. The topological polar surface area (TPSA) is 107 Å². The number of benzene rings is 4. The van der Waals surface area contributed by atoms with Crippen molar-refractivity contribution in [2.24, 2.45) is 0 Å². The summed E-state index contributed by atoms with van der Waals surface area (Å²) in [5.74, 6) is -0.141. The lowest BCUT2D eigenvalue weighted by Gasteiger charge is -2.09. The van der Waals surface area contributed by atoms with Crippen molar-refractivity contribution in [3.05, 3.63) is 120 Å². The van der Waals surface area contributed by atoms with Crippen molar-refractivity contribution in [2.45, 2.75) is 44.1 Å². The Morgan fingerprint density at radius 2 is 1.45 bits per heavy atom. The zero-order valence-corrected chi connectivity index (χ0v) is 22.2. The number of anilines is 1. The molecule has 4 aromatic rings. The molecule has 4 rings (SSSR count). The van der Waals surface area contributed by atoms with Crippen LogP contribution < -0.4 is 5.73 Å². The van der Waals surface area contributed by atoms with E-state index in [0.717, 1.165) is 47.2 Å². The van der Waals surface area contributed by atoms with Crippen molar-refractivity contribution in [3.63, 3.8) is 0 Å². The fraction of sp³-hybridized carbons (Fsp3) is 0.194. The molecule has 0 heterocycles. The molecule has 6 nitrogen and oxygen atoms in total. The van der Waals surface area contributed by atoms with E-state index in [2.05, 4.69) is 24.3 Å². The number of aryl methyl sites for hydroxylation is 2. The molecule has 0 bridgehead atoms. The fourth-order valence-corrected chi connectivity index (χ4v) is 4.25. The van der Waals surface area contributed by atoms with E-state index in [0.29, 0.717) is 13.0 Å². The Hall–Kier alpha value is -3.94. The summed E-state index contributed by atoms with van der Waals surface area (Å²) in [5, 5.41) is 0. The van der Waals surface area contributed by atoms with Gasteiger partial charge in [-0.1, -0.05) is 90.5 Å². The second kappa shape index (κ2) is 14.1. The number of nitrogen functional groups attached to an aromatic ring is 1. The quantitative estimate of drug-likeness (QED) is 0.109. The maximum absolute atomic E-state index is 11.8. The van der Waals surface area contributed by atoms with Crippen molar-refractivity contribution in [1.29, 1.82) is 0 Å². The molecule has 0 amide bonds. The van der Waals surface area contributed by atoms with E-state index in [4.69, 9.17) is 15.0 Å². The summed E-state index contributed by atoms with van der Waals surface area (Å²) in [7, 11) is -4.02. The first-order valence-corrected chi connectivity index (χ1v) is 13.8. The molecule has 0 saturated heterocycles. The molecule has 0 aliphatic rings.